The highest BCUT2D eigenvalue weighted by atomic mass is 35.5. The van der Waals surface area contributed by atoms with E-state index in [-0.39, 0.29) is 17.9 Å². The molecular formula is C16H16Cl2N2O2. The highest BCUT2D eigenvalue weighted by Gasteiger charge is 2.12. The van der Waals surface area contributed by atoms with E-state index >= 15 is 0 Å². The van der Waals surface area contributed by atoms with Crippen LogP contribution in [0.1, 0.15) is 10.4 Å². The average Bonchev–Trinajstić information content (AvgIpc) is 2.57. The molecule has 0 saturated carbocycles. The molecule has 0 fully saturated rings. The van der Waals surface area contributed by atoms with Gasteiger partial charge in [-0.2, -0.15) is 0 Å². The molecule has 0 spiro atoms. The first-order valence-electron chi connectivity index (χ1n) is 6.61. The topological polar surface area (TPSA) is 41.6 Å². The lowest BCUT2D eigenvalue weighted by Crippen LogP contribution is -2.19. The fourth-order valence-corrected chi connectivity index (χ4v) is 2.47. The number of rotatable bonds is 6. The maximum absolute atomic E-state index is 12.2. The molecule has 1 N–H and O–H groups in total. The van der Waals surface area contributed by atoms with Crippen molar-refractivity contribution in [1.82, 2.24) is 0 Å². The van der Waals surface area contributed by atoms with Crippen molar-refractivity contribution in [3.63, 3.8) is 0 Å². The molecule has 0 bridgehead atoms. The fraction of sp³-hybridized carbons (Fsp3) is 0.188. The van der Waals surface area contributed by atoms with Gasteiger partial charge in [0.05, 0.1) is 24.8 Å². The molecule has 0 aromatic heterocycles. The summed E-state index contributed by atoms with van der Waals surface area (Å²) in [5, 5.41) is 2.83. The minimum absolute atomic E-state index is 0.196. The van der Waals surface area contributed by atoms with Crippen molar-refractivity contribution in [2.24, 2.45) is 0 Å². The van der Waals surface area contributed by atoms with Gasteiger partial charge in [0.1, 0.15) is 5.75 Å². The van der Waals surface area contributed by atoms with Gasteiger partial charge in [-0.05, 0) is 24.3 Å². The first-order chi connectivity index (χ1) is 10.7. The molecule has 2 rings (SSSR count). The molecule has 0 atom stereocenters. The van der Waals surface area contributed by atoms with E-state index < -0.39 is 0 Å². The lowest BCUT2D eigenvalue weighted by atomic mass is 10.2. The van der Waals surface area contributed by atoms with Gasteiger partial charge in [-0.3, -0.25) is 4.79 Å². The second kappa shape index (κ2) is 7.92. The molecule has 2 aromatic carbocycles. The molecular weight excluding hydrogens is 323 g/mol. The maximum atomic E-state index is 12.2. The molecule has 0 unspecified atom stereocenters. The molecule has 2 aromatic rings. The van der Waals surface area contributed by atoms with Crippen LogP contribution < -0.4 is 15.0 Å². The number of halogens is 2. The highest BCUT2D eigenvalue weighted by molar-refractivity contribution is 6.22. The Balaban J connectivity index is 2.23. The summed E-state index contributed by atoms with van der Waals surface area (Å²) in [5.41, 5.74) is 1.99. The molecule has 116 valence electrons. The summed E-state index contributed by atoms with van der Waals surface area (Å²) in [5.74, 6) is 0.347. The first kappa shape index (κ1) is 16.5. The number of alkyl halides is 2. The lowest BCUT2D eigenvalue weighted by molar-refractivity contribution is 0.102. The Morgan fingerprint density at radius 2 is 1.82 bits per heavy atom. The predicted octanol–water partition coefficient (Wildman–Crippen LogP) is 4.15. The third-order valence-electron chi connectivity index (χ3n) is 3.12. The number of carbonyl (C=O) groups excluding carboxylic acids is 1. The summed E-state index contributed by atoms with van der Waals surface area (Å²) in [6.07, 6.45) is 0. The molecule has 1 amide bonds. The first-order valence-corrected chi connectivity index (χ1v) is 7.67. The fourth-order valence-electron chi connectivity index (χ4n) is 1.93. The van der Waals surface area contributed by atoms with Gasteiger partial charge >= 0.3 is 0 Å². The molecule has 0 saturated heterocycles. The Morgan fingerprint density at radius 3 is 2.41 bits per heavy atom. The number of hydrogen-bond donors (Lipinski definition) is 1. The van der Waals surface area contributed by atoms with E-state index in [9.17, 15) is 4.79 Å². The van der Waals surface area contributed by atoms with Gasteiger partial charge in [-0.1, -0.05) is 18.2 Å². The molecule has 0 aliphatic carbocycles. The van der Waals surface area contributed by atoms with Gasteiger partial charge in [-0.25, -0.2) is 0 Å². The normalized spacial score (nSPS) is 10.1. The Kier molecular flexibility index (Phi) is 5.92. The SMILES string of the molecule is COc1cc(N(CCl)CCl)ccc1NC(=O)c1ccccc1. The summed E-state index contributed by atoms with van der Waals surface area (Å²) < 4.78 is 5.33. The number of nitrogens with one attached hydrogen (secondary N) is 1. The van der Waals surface area contributed by atoms with Crippen LogP contribution in [0, 0.1) is 0 Å². The highest BCUT2D eigenvalue weighted by Crippen LogP contribution is 2.30. The van der Waals surface area contributed by atoms with Crippen LogP contribution in [0.2, 0.25) is 0 Å². The quantitative estimate of drug-likeness (QED) is 0.635. The van der Waals surface area contributed by atoms with E-state index in [0.717, 1.165) is 5.69 Å². The number of nitrogens with zero attached hydrogens (tertiary/aromatic N) is 1. The van der Waals surface area contributed by atoms with Gasteiger partial charge in [0.15, 0.2) is 0 Å². The maximum Gasteiger partial charge on any atom is 0.255 e. The van der Waals surface area contributed by atoms with Gasteiger partial charge in [0, 0.05) is 17.3 Å². The minimum Gasteiger partial charge on any atom is -0.494 e. The molecule has 0 aliphatic heterocycles. The van der Waals surface area contributed by atoms with Crippen LogP contribution in [0.4, 0.5) is 11.4 Å². The van der Waals surface area contributed by atoms with E-state index in [0.29, 0.717) is 17.0 Å². The Hall–Kier alpha value is -1.91. The van der Waals surface area contributed by atoms with E-state index in [1.807, 2.05) is 24.3 Å². The zero-order valence-corrected chi connectivity index (χ0v) is 13.6. The Bertz CT molecular complexity index is 631. The van der Waals surface area contributed by atoms with Gasteiger partial charge in [0.25, 0.3) is 5.91 Å². The smallest absolute Gasteiger partial charge is 0.255 e. The third-order valence-corrected chi connectivity index (χ3v) is 3.70. The van der Waals surface area contributed by atoms with Gasteiger partial charge < -0.3 is 15.0 Å². The van der Waals surface area contributed by atoms with Crippen LogP contribution in [0.3, 0.4) is 0 Å². The number of methoxy groups -OCH3 is 1. The van der Waals surface area contributed by atoms with Crippen molar-refractivity contribution in [2.75, 3.05) is 29.3 Å². The summed E-state index contributed by atoms with van der Waals surface area (Å²) in [7, 11) is 1.54. The third kappa shape index (κ3) is 3.84. The van der Waals surface area contributed by atoms with Crippen LogP contribution >= 0.6 is 23.2 Å². The zero-order chi connectivity index (χ0) is 15.9. The number of hydrogen-bond acceptors (Lipinski definition) is 3. The predicted molar refractivity (Wildman–Crippen MR) is 91.3 cm³/mol. The monoisotopic (exact) mass is 338 g/mol. The number of ether oxygens (including phenoxy) is 1. The standard InChI is InChI=1S/C16H16Cl2N2O2/c1-22-15-9-13(20(10-17)11-18)7-8-14(15)19-16(21)12-5-3-2-4-6-12/h2-9H,10-11H2,1H3,(H,19,21). The molecule has 0 radical (unpaired) electrons. The molecule has 6 heteroatoms. The van der Waals surface area contributed by atoms with Gasteiger partial charge in [-0.15, -0.1) is 23.2 Å². The summed E-state index contributed by atoms with van der Waals surface area (Å²) in [4.78, 5) is 14.0. The van der Waals surface area contributed by atoms with Crippen molar-refractivity contribution in [3.8, 4) is 5.75 Å². The van der Waals surface area contributed by atoms with Gasteiger partial charge in [0.2, 0.25) is 0 Å². The van der Waals surface area contributed by atoms with Crippen molar-refractivity contribution in [3.05, 3.63) is 54.1 Å². The van der Waals surface area contributed by atoms with Crippen LogP contribution in [0.25, 0.3) is 0 Å². The van der Waals surface area contributed by atoms with E-state index in [1.165, 1.54) is 0 Å². The van der Waals surface area contributed by atoms with Crippen LogP contribution in [0.5, 0.6) is 5.75 Å². The second-order valence-electron chi connectivity index (χ2n) is 4.48. The van der Waals surface area contributed by atoms with Crippen molar-refractivity contribution in [1.29, 1.82) is 0 Å². The molecule has 22 heavy (non-hydrogen) atoms. The van der Waals surface area contributed by atoms with Crippen molar-refractivity contribution < 1.29 is 9.53 Å². The summed E-state index contributed by atoms with van der Waals surface area (Å²) in [6, 6.07) is 14.9. The molecule has 0 heterocycles. The second-order valence-corrected chi connectivity index (χ2v) is 4.96. The van der Waals surface area contributed by atoms with E-state index in [2.05, 4.69) is 5.32 Å². The van der Waals surface area contributed by atoms with Crippen LogP contribution in [-0.4, -0.2) is 25.0 Å². The Morgan fingerprint density at radius 1 is 1.14 bits per heavy atom. The number of benzene rings is 2. The zero-order valence-electron chi connectivity index (χ0n) is 12.1. The number of anilines is 2. The van der Waals surface area contributed by atoms with Crippen molar-refractivity contribution in [2.45, 2.75) is 0 Å². The Labute approximate surface area is 139 Å². The summed E-state index contributed by atoms with van der Waals surface area (Å²) in [6.45, 7) is 0. The van der Waals surface area contributed by atoms with Crippen LogP contribution in [0.15, 0.2) is 48.5 Å². The van der Waals surface area contributed by atoms with Crippen LogP contribution in [-0.2, 0) is 0 Å². The molecule has 4 nitrogen and oxygen atoms in total. The average molecular weight is 339 g/mol. The largest absolute Gasteiger partial charge is 0.494 e. The molecule has 0 aliphatic rings. The summed E-state index contributed by atoms with van der Waals surface area (Å²) >= 11 is 11.7. The minimum atomic E-state index is -0.196. The number of carbonyl (C=O) groups is 1. The van der Waals surface area contributed by atoms with E-state index in [4.69, 9.17) is 27.9 Å². The van der Waals surface area contributed by atoms with E-state index in [1.54, 1.807) is 36.3 Å². The lowest BCUT2D eigenvalue weighted by Gasteiger charge is -2.20. The number of amides is 1. The van der Waals surface area contributed by atoms with Crippen molar-refractivity contribution >= 4 is 40.5 Å².